The summed E-state index contributed by atoms with van der Waals surface area (Å²) < 4.78 is 19.2. The maximum atomic E-state index is 14.5. The van der Waals surface area contributed by atoms with Crippen molar-refractivity contribution in [3.63, 3.8) is 0 Å². The zero-order chi connectivity index (χ0) is 33.1. The molecule has 2 saturated heterocycles. The first-order valence-electron chi connectivity index (χ1n) is 17.8. The highest BCUT2D eigenvalue weighted by molar-refractivity contribution is 6.01. The molecule has 9 atom stereocenters. The van der Waals surface area contributed by atoms with Gasteiger partial charge in [0.15, 0.2) is 24.3 Å². The number of piperazine rings is 1. The summed E-state index contributed by atoms with van der Waals surface area (Å²) in [6.07, 6.45) is 11.5. The van der Waals surface area contributed by atoms with E-state index < -0.39 is 47.5 Å². The number of hydrogen-bond donors (Lipinski definition) is 2. The van der Waals surface area contributed by atoms with E-state index in [1.54, 1.807) is 17.1 Å². The second-order valence-electron chi connectivity index (χ2n) is 15.7. The molecule has 7 aliphatic rings. The van der Waals surface area contributed by atoms with Gasteiger partial charge in [0, 0.05) is 48.8 Å². The number of rotatable bonds is 6. The van der Waals surface area contributed by atoms with Crippen LogP contribution in [0.25, 0.3) is 0 Å². The highest BCUT2D eigenvalue weighted by Crippen LogP contribution is 2.70. The van der Waals surface area contributed by atoms with E-state index in [2.05, 4.69) is 24.1 Å². The molecule has 2 amide bonds. The summed E-state index contributed by atoms with van der Waals surface area (Å²) in [7, 11) is 2.00. The van der Waals surface area contributed by atoms with Crippen LogP contribution in [0.5, 0.6) is 0 Å². The van der Waals surface area contributed by atoms with Crippen molar-refractivity contribution in [1.29, 1.82) is 0 Å². The average molecular weight is 654 g/mol. The topological polar surface area (TPSA) is 135 Å². The van der Waals surface area contributed by atoms with Gasteiger partial charge in [-0.25, -0.2) is 4.79 Å². The van der Waals surface area contributed by atoms with Crippen LogP contribution in [0.1, 0.15) is 71.6 Å². The first-order valence-corrected chi connectivity index (χ1v) is 17.8. The number of amides is 2. The number of carbonyl (C=O) groups excluding carboxylic acids is 4. The molecule has 1 unspecified atom stereocenters. The molecule has 11 heteroatoms. The van der Waals surface area contributed by atoms with Crippen LogP contribution in [0.3, 0.4) is 0 Å². The Morgan fingerprint density at radius 3 is 2.57 bits per heavy atom. The van der Waals surface area contributed by atoms with Gasteiger partial charge >= 0.3 is 12.0 Å². The number of allylic oxidation sites excluding steroid dienone is 4. The van der Waals surface area contributed by atoms with Gasteiger partial charge in [0.25, 0.3) is 0 Å². The Bertz CT molecular complexity index is 1350. The van der Waals surface area contributed by atoms with Gasteiger partial charge in [0.1, 0.15) is 6.54 Å². The number of nitrogens with one attached hydrogen (secondary N) is 1. The maximum absolute atomic E-state index is 14.5. The molecule has 2 N–H and O–H groups in total. The number of urea groups is 1. The number of Topliss-reactive ketones (excluding diaryl/α,β-unsaturated/α-hetero) is 1. The Kier molecular flexibility index (Phi) is 8.67. The van der Waals surface area contributed by atoms with Gasteiger partial charge < -0.3 is 34.4 Å². The van der Waals surface area contributed by atoms with Crippen molar-refractivity contribution >= 4 is 23.6 Å². The molecule has 0 aromatic rings. The lowest BCUT2D eigenvalue weighted by Gasteiger charge is -2.59. The molecule has 5 aliphatic carbocycles. The second kappa shape index (κ2) is 12.4. The number of fused-ring (bicyclic) bond motifs is 7. The number of likely N-dealkylation sites (N-methyl/N-ethyl adjacent to an activating group) is 1. The van der Waals surface area contributed by atoms with Crippen molar-refractivity contribution in [3.8, 4) is 0 Å². The van der Waals surface area contributed by atoms with Gasteiger partial charge in [-0.3, -0.25) is 14.4 Å². The molecule has 0 aromatic carbocycles. The van der Waals surface area contributed by atoms with Gasteiger partial charge in [-0.2, -0.15) is 0 Å². The maximum Gasteiger partial charge on any atom is 0.325 e. The molecule has 0 bridgehead atoms. The predicted molar refractivity (Wildman–Crippen MR) is 171 cm³/mol. The van der Waals surface area contributed by atoms with Crippen molar-refractivity contribution < 1.29 is 38.5 Å². The normalized spacial score (nSPS) is 41.7. The van der Waals surface area contributed by atoms with Crippen LogP contribution in [-0.4, -0.2) is 109 Å². The third-order valence-corrected chi connectivity index (χ3v) is 13.2. The Labute approximate surface area is 277 Å². The standard InChI is InChI=1S/C36H51N3O8/c1-34-12-11-24(40)17-23(34)9-10-25-26-18-29-36(35(26,2)19-27(41)31(25)34,47-32(46-29)22-7-5-4-6-8-22)28(42)21-45-30(43)20-37-33(44)39-15-13-38(3)14-16-39/h11-12,17,22,25-27,29,31-32,41H,4-10,13-16,18-21H2,1-3H3,(H,37,44)/t25-,26-,27-,29+,31?,32+,34-,35-,36+/m0/s1. The minimum Gasteiger partial charge on any atom is -0.456 e. The summed E-state index contributed by atoms with van der Waals surface area (Å²) in [6.45, 7) is 6.09. The number of aliphatic hydroxyl groups excluding tert-OH is 1. The van der Waals surface area contributed by atoms with Crippen LogP contribution in [0.4, 0.5) is 4.79 Å². The lowest BCUT2D eigenvalue weighted by atomic mass is 9.46. The number of carbonyl (C=O) groups is 4. The lowest BCUT2D eigenvalue weighted by Crippen LogP contribution is -2.63. The molecule has 258 valence electrons. The number of ether oxygens (including phenoxy) is 3. The van der Waals surface area contributed by atoms with Gasteiger partial charge in [-0.05, 0) is 69.6 Å². The van der Waals surface area contributed by atoms with Crippen LogP contribution < -0.4 is 5.32 Å². The van der Waals surface area contributed by atoms with E-state index in [0.29, 0.717) is 25.9 Å². The fourth-order valence-electron chi connectivity index (χ4n) is 10.8. The second-order valence-corrected chi connectivity index (χ2v) is 15.7. The van der Waals surface area contributed by atoms with Crippen molar-refractivity contribution in [3.05, 3.63) is 23.8 Å². The number of nitrogens with zero attached hydrogens (tertiary/aromatic N) is 2. The highest BCUT2D eigenvalue weighted by Gasteiger charge is 2.76. The molecule has 2 aliphatic heterocycles. The van der Waals surface area contributed by atoms with Crippen molar-refractivity contribution in [2.75, 3.05) is 46.4 Å². The lowest BCUT2D eigenvalue weighted by molar-refractivity contribution is -0.210. The fourth-order valence-corrected chi connectivity index (χ4v) is 10.8. The summed E-state index contributed by atoms with van der Waals surface area (Å²) in [5.74, 6) is -0.770. The average Bonchev–Trinajstić information content (AvgIpc) is 3.56. The number of ketones is 2. The molecule has 7 rings (SSSR count). The van der Waals surface area contributed by atoms with Crippen LogP contribution >= 0.6 is 0 Å². The van der Waals surface area contributed by atoms with E-state index in [1.807, 2.05) is 13.1 Å². The molecule has 0 radical (unpaired) electrons. The molecular formula is C36H51N3O8. The summed E-state index contributed by atoms with van der Waals surface area (Å²) in [6, 6.07) is -0.323. The van der Waals surface area contributed by atoms with Gasteiger partial charge in [0.05, 0.1) is 12.2 Å². The number of aliphatic hydroxyl groups is 1. The molecule has 2 heterocycles. The summed E-state index contributed by atoms with van der Waals surface area (Å²) in [4.78, 5) is 56.0. The van der Waals surface area contributed by atoms with Gasteiger partial charge in [-0.1, -0.05) is 44.8 Å². The minimum atomic E-state index is -1.36. The Morgan fingerprint density at radius 1 is 1.09 bits per heavy atom. The van der Waals surface area contributed by atoms with E-state index in [1.165, 1.54) is 6.42 Å². The Morgan fingerprint density at radius 2 is 1.83 bits per heavy atom. The first kappa shape index (κ1) is 32.9. The highest BCUT2D eigenvalue weighted by atomic mass is 16.7. The van der Waals surface area contributed by atoms with E-state index in [4.69, 9.17) is 14.2 Å². The minimum absolute atomic E-state index is 0.00462. The van der Waals surface area contributed by atoms with Gasteiger partial charge in [0.2, 0.25) is 5.78 Å². The van der Waals surface area contributed by atoms with Crippen molar-refractivity contribution in [2.45, 2.75) is 95.7 Å². The third-order valence-electron chi connectivity index (χ3n) is 13.2. The monoisotopic (exact) mass is 653 g/mol. The first-order chi connectivity index (χ1) is 22.5. The largest absolute Gasteiger partial charge is 0.456 e. The molecule has 4 saturated carbocycles. The van der Waals surface area contributed by atoms with E-state index in [9.17, 15) is 24.3 Å². The molecule has 0 aromatic heterocycles. The summed E-state index contributed by atoms with van der Waals surface area (Å²) in [5.41, 5.74) is -1.45. The smallest absolute Gasteiger partial charge is 0.325 e. The van der Waals surface area contributed by atoms with E-state index >= 15 is 0 Å². The number of hydrogen-bond acceptors (Lipinski definition) is 9. The molecule has 47 heavy (non-hydrogen) atoms. The zero-order valence-electron chi connectivity index (χ0n) is 28.1. The molecule has 11 nitrogen and oxygen atoms in total. The number of esters is 1. The van der Waals surface area contributed by atoms with Crippen molar-refractivity contribution in [2.24, 2.45) is 34.5 Å². The third kappa shape index (κ3) is 5.40. The van der Waals surface area contributed by atoms with Crippen LogP contribution in [0.2, 0.25) is 0 Å². The molecule has 6 fully saturated rings. The predicted octanol–water partition coefficient (Wildman–Crippen LogP) is 3.00. The Hall–Kier alpha value is -2.60. The van der Waals surface area contributed by atoms with Gasteiger partial charge in [-0.15, -0.1) is 0 Å². The van der Waals surface area contributed by atoms with Crippen LogP contribution in [0, 0.1) is 34.5 Å². The van der Waals surface area contributed by atoms with E-state index in [0.717, 1.165) is 57.2 Å². The quantitative estimate of drug-likeness (QED) is 0.415. The summed E-state index contributed by atoms with van der Waals surface area (Å²) >= 11 is 0. The molecular weight excluding hydrogens is 602 g/mol. The zero-order valence-corrected chi connectivity index (χ0v) is 28.1. The van der Waals surface area contributed by atoms with Crippen molar-refractivity contribution in [1.82, 2.24) is 15.1 Å². The summed E-state index contributed by atoms with van der Waals surface area (Å²) in [5, 5.41) is 14.6. The van der Waals surface area contributed by atoms with E-state index in [-0.39, 0.29) is 47.8 Å². The SMILES string of the molecule is CN1CCN(C(=O)NCC(=O)OCC(=O)[C@@]23O[C@H](C4CCCCC4)O[C@@H]2C[C@H]2[C@@H]4CCC5=CC(=O)C=C[C@]5(C)C4[C@@H](O)C[C@@]23C)CC1. The fraction of sp³-hybridized carbons (Fsp3) is 0.778. The molecule has 0 spiro atoms. The van der Waals surface area contributed by atoms with Crippen LogP contribution in [-0.2, 0) is 28.6 Å². The Balaban J connectivity index is 1.10. The van der Waals surface area contributed by atoms with Crippen LogP contribution in [0.15, 0.2) is 23.8 Å².